The minimum atomic E-state index is 0.739. The molecule has 0 saturated carbocycles. The Bertz CT molecular complexity index is 477. The maximum absolute atomic E-state index is 4.36. The molecule has 0 atom stereocenters. The van der Waals surface area contributed by atoms with Gasteiger partial charge in [0.2, 0.25) is 0 Å². The van der Waals surface area contributed by atoms with E-state index < -0.39 is 0 Å². The van der Waals surface area contributed by atoms with Gasteiger partial charge in [-0.15, -0.1) is 0 Å². The number of aryl methyl sites for hydroxylation is 1. The van der Waals surface area contributed by atoms with E-state index in [1.165, 1.54) is 0 Å². The highest BCUT2D eigenvalue weighted by Crippen LogP contribution is 2.01. The third-order valence-corrected chi connectivity index (χ3v) is 2.42. The van der Waals surface area contributed by atoms with E-state index >= 15 is 0 Å². The molecule has 5 heteroatoms. The van der Waals surface area contributed by atoms with Crippen molar-refractivity contribution >= 4 is 0 Å². The lowest BCUT2D eigenvalue weighted by molar-refractivity contribution is 0.711. The molecule has 0 radical (unpaired) electrons. The molecule has 0 amide bonds. The Hall–Kier alpha value is -1.75. The van der Waals surface area contributed by atoms with Gasteiger partial charge in [-0.05, 0) is 19.5 Å². The standard InChI is InChI=1S/C12H17N5/c1-3-13-6-12-8-17(9-15-12)7-11-4-5-14-10(2)16-11/h4-5,8-9,13H,3,6-7H2,1-2H3. The molecular formula is C12H17N5. The van der Waals surface area contributed by atoms with Crippen LogP contribution in [0.3, 0.4) is 0 Å². The number of nitrogens with one attached hydrogen (secondary N) is 1. The van der Waals surface area contributed by atoms with Crippen molar-refractivity contribution in [2.75, 3.05) is 6.54 Å². The molecule has 17 heavy (non-hydrogen) atoms. The summed E-state index contributed by atoms with van der Waals surface area (Å²) in [5.74, 6) is 0.801. The third kappa shape index (κ3) is 3.35. The van der Waals surface area contributed by atoms with Crippen LogP contribution in [0.25, 0.3) is 0 Å². The van der Waals surface area contributed by atoms with E-state index in [-0.39, 0.29) is 0 Å². The van der Waals surface area contributed by atoms with Gasteiger partial charge in [0.15, 0.2) is 0 Å². The molecule has 90 valence electrons. The largest absolute Gasteiger partial charge is 0.331 e. The van der Waals surface area contributed by atoms with Crippen LogP contribution in [0.4, 0.5) is 0 Å². The highest BCUT2D eigenvalue weighted by molar-refractivity contribution is 5.04. The van der Waals surface area contributed by atoms with Crippen LogP contribution in [0.1, 0.15) is 24.1 Å². The summed E-state index contributed by atoms with van der Waals surface area (Å²) in [4.78, 5) is 12.8. The lowest BCUT2D eigenvalue weighted by atomic mass is 10.4. The fourth-order valence-electron chi connectivity index (χ4n) is 1.62. The number of hydrogen-bond acceptors (Lipinski definition) is 4. The predicted molar refractivity (Wildman–Crippen MR) is 65.5 cm³/mol. The molecule has 0 aromatic carbocycles. The van der Waals surface area contributed by atoms with Crippen LogP contribution in [0.2, 0.25) is 0 Å². The fraction of sp³-hybridized carbons (Fsp3) is 0.417. The van der Waals surface area contributed by atoms with Gasteiger partial charge in [0.1, 0.15) is 5.82 Å². The van der Waals surface area contributed by atoms with E-state index in [9.17, 15) is 0 Å². The average molecular weight is 231 g/mol. The van der Waals surface area contributed by atoms with Crippen molar-refractivity contribution in [2.45, 2.75) is 26.9 Å². The van der Waals surface area contributed by atoms with E-state index in [4.69, 9.17) is 0 Å². The van der Waals surface area contributed by atoms with Crippen LogP contribution >= 0.6 is 0 Å². The smallest absolute Gasteiger partial charge is 0.125 e. The maximum Gasteiger partial charge on any atom is 0.125 e. The van der Waals surface area contributed by atoms with Crippen molar-refractivity contribution in [2.24, 2.45) is 0 Å². The zero-order chi connectivity index (χ0) is 12.1. The van der Waals surface area contributed by atoms with Crippen molar-refractivity contribution in [3.8, 4) is 0 Å². The molecule has 2 aromatic rings. The van der Waals surface area contributed by atoms with Gasteiger partial charge in [-0.2, -0.15) is 0 Å². The summed E-state index contributed by atoms with van der Waals surface area (Å²) in [5.41, 5.74) is 2.06. The van der Waals surface area contributed by atoms with Crippen molar-refractivity contribution in [3.05, 3.63) is 42.0 Å². The first-order chi connectivity index (χ1) is 8.28. The van der Waals surface area contributed by atoms with Gasteiger partial charge in [-0.1, -0.05) is 6.92 Å². The highest BCUT2D eigenvalue weighted by atomic mass is 15.1. The Labute approximate surface area is 101 Å². The lowest BCUT2D eigenvalue weighted by Gasteiger charge is -2.01. The van der Waals surface area contributed by atoms with Crippen LogP contribution in [0.5, 0.6) is 0 Å². The van der Waals surface area contributed by atoms with Crippen LogP contribution < -0.4 is 5.32 Å². The first-order valence-electron chi connectivity index (χ1n) is 5.78. The Kier molecular flexibility index (Phi) is 3.82. The Balaban J connectivity index is 2.01. The molecule has 1 N–H and O–H groups in total. The van der Waals surface area contributed by atoms with E-state index in [1.807, 2.05) is 30.1 Å². The Morgan fingerprint density at radius 3 is 2.94 bits per heavy atom. The first-order valence-corrected chi connectivity index (χ1v) is 5.78. The number of aromatic nitrogens is 4. The van der Waals surface area contributed by atoms with E-state index in [1.54, 1.807) is 6.20 Å². The van der Waals surface area contributed by atoms with Gasteiger partial charge in [0, 0.05) is 18.9 Å². The van der Waals surface area contributed by atoms with Crippen molar-refractivity contribution in [1.29, 1.82) is 0 Å². The lowest BCUT2D eigenvalue weighted by Crippen LogP contribution is -2.11. The quantitative estimate of drug-likeness (QED) is 0.838. The normalized spacial score (nSPS) is 10.7. The van der Waals surface area contributed by atoms with Crippen molar-refractivity contribution in [3.63, 3.8) is 0 Å². The average Bonchev–Trinajstić information content (AvgIpc) is 2.74. The molecule has 2 rings (SSSR count). The second kappa shape index (κ2) is 5.54. The van der Waals surface area contributed by atoms with Gasteiger partial charge >= 0.3 is 0 Å². The molecule has 0 aliphatic heterocycles. The minimum absolute atomic E-state index is 0.739. The molecule has 2 aromatic heterocycles. The van der Waals surface area contributed by atoms with Gasteiger partial charge in [-0.25, -0.2) is 15.0 Å². The molecule has 0 bridgehead atoms. The Morgan fingerprint density at radius 1 is 1.29 bits per heavy atom. The summed E-state index contributed by atoms with van der Waals surface area (Å²) in [6.45, 7) is 6.49. The van der Waals surface area contributed by atoms with Gasteiger partial charge in [0.05, 0.1) is 24.3 Å². The number of hydrogen-bond donors (Lipinski definition) is 1. The third-order valence-electron chi connectivity index (χ3n) is 2.42. The Morgan fingerprint density at radius 2 is 2.18 bits per heavy atom. The summed E-state index contributed by atoms with van der Waals surface area (Å²) in [7, 11) is 0. The van der Waals surface area contributed by atoms with E-state index in [0.717, 1.165) is 36.8 Å². The van der Waals surface area contributed by atoms with E-state index in [2.05, 4.69) is 27.2 Å². The zero-order valence-corrected chi connectivity index (χ0v) is 10.2. The maximum atomic E-state index is 4.36. The van der Waals surface area contributed by atoms with Crippen molar-refractivity contribution in [1.82, 2.24) is 24.8 Å². The molecule has 2 heterocycles. The second-order valence-corrected chi connectivity index (χ2v) is 3.91. The highest BCUT2D eigenvalue weighted by Gasteiger charge is 2.00. The summed E-state index contributed by atoms with van der Waals surface area (Å²) < 4.78 is 2.04. The number of rotatable bonds is 5. The first kappa shape index (κ1) is 11.7. The fourth-order valence-corrected chi connectivity index (χ4v) is 1.62. The summed E-state index contributed by atoms with van der Waals surface area (Å²) in [5, 5.41) is 3.25. The molecule has 0 aliphatic carbocycles. The topological polar surface area (TPSA) is 55.6 Å². The van der Waals surface area contributed by atoms with Crippen LogP contribution in [-0.2, 0) is 13.1 Å². The zero-order valence-electron chi connectivity index (χ0n) is 10.2. The summed E-state index contributed by atoms with van der Waals surface area (Å²) >= 11 is 0. The summed E-state index contributed by atoms with van der Waals surface area (Å²) in [6.07, 6.45) is 5.67. The summed E-state index contributed by atoms with van der Waals surface area (Å²) in [6, 6.07) is 1.93. The molecule has 0 fully saturated rings. The van der Waals surface area contributed by atoms with Gasteiger partial charge < -0.3 is 9.88 Å². The van der Waals surface area contributed by atoms with Crippen LogP contribution in [0.15, 0.2) is 24.8 Å². The number of nitrogens with zero attached hydrogens (tertiary/aromatic N) is 4. The van der Waals surface area contributed by atoms with Crippen LogP contribution in [-0.4, -0.2) is 26.1 Å². The van der Waals surface area contributed by atoms with Crippen LogP contribution in [0, 0.1) is 6.92 Å². The second-order valence-electron chi connectivity index (χ2n) is 3.91. The predicted octanol–water partition coefficient (Wildman–Crippen LogP) is 1.14. The molecule has 5 nitrogen and oxygen atoms in total. The number of imidazole rings is 1. The van der Waals surface area contributed by atoms with Gasteiger partial charge in [0.25, 0.3) is 0 Å². The van der Waals surface area contributed by atoms with Gasteiger partial charge in [-0.3, -0.25) is 0 Å². The molecule has 0 spiro atoms. The molecule has 0 saturated heterocycles. The van der Waals surface area contributed by atoms with E-state index in [0.29, 0.717) is 0 Å². The molecule has 0 aliphatic rings. The van der Waals surface area contributed by atoms with Crippen molar-refractivity contribution < 1.29 is 0 Å². The molecular weight excluding hydrogens is 214 g/mol. The molecule has 0 unspecified atom stereocenters. The monoisotopic (exact) mass is 231 g/mol. The minimum Gasteiger partial charge on any atom is -0.331 e. The SMILES string of the molecule is CCNCc1cn(Cc2ccnc(C)n2)cn1.